The molecule has 0 spiro atoms. The van der Waals surface area contributed by atoms with Crippen molar-refractivity contribution in [3.05, 3.63) is 12.2 Å². The van der Waals surface area contributed by atoms with Gasteiger partial charge < -0.3 is 31.1 Å². The molecule has 3 atom stereocenters. The molecule has 1 rings (SSSR count). The Bertz CT molecular complexity index is 803. The van der Waals surface area contributed by atoms with Gasteiger partial charge in [-0.15, -0.1) is 0 Å². The fraction of sp³-hybridized carbons (Fsp3) is 0.682. The third-order valence-electron chi connectivity index (χ3n) is 5.30. The molecule has 35 heavy (non-hydrogen) atoms. The first-order chi connectivity index (χ1) is 16.5. The number of hydrogen-bond acceptors (Lipinski definition) is 9. The molecule has 13 heteroatoms. The Kier molecular flexibility index (Phi) is 13.2. The SMILES string of the molecule is COC(=O)CNC(=O)C(NC(=O)[C@@H](CS)NC(=O)C1(NC(=O)C[C@H](O)/C=C/CCS)CC1)C(C)C. The Morgan fingerprint density at radius 3 is 2.26 bits per heavy atom. The number of allylic oxidation sites excluding steroid dienone is 1. The van der Waals surface area contributed by atoms with Crippen LogP contribution in [0.15, 0.2) is 12.2 Å². The Labute approximate surface area is 216 Å². The molecular weight excluding hydrogens is 496 g/mol. The van der Waals surface area contributed by atoms with Gasteiger partial charge >= 0.3 is 5.97 Å². The Morgan fingerprint density at radius 1 is 1.09 bits per heavy atom. The molecule has 0 aromatic rings. The highest BCUT2D eigenvalue weighted by atomic mass is 32.1. The van der Waals surface area contributed by atoms with Crippen molar-refractivity contribution in [3.8, 4) is 0 Å². The lowest BCUT2D eigenvalue weighted by atomic mass is 10.0. The first kappa shape index (κ1) is 30.8. The van der Waals surface area contributed by atoms with Gasteiger partial charge in [-0.3, -0.25) is 24.0 Å². The zero-order chi connectivity index (χ0) is 26.6. The van der Waals surface area contributed by atoms with Crippen LogP contribution in [0.25, 0.3) is 0 Å². The molecule has 0 saturated heterocycles. The minimum absolute atomic E-state index is 0.0507. The van der Waals surface area contributed by atoms with Gasteiger partial charge in [-0.25, -0.2) is 0 Å². The van der Waals surface area contributed by atoms with E-state index in [4.69, 9.17) is 0 Å². The van der Waals surface area contributed by atoms with Crippen LogP contribution >= 0.6 is 25.3 Å². The van der Waals surface area contributed by atoms with Gasteiger partial charge in [0.2, 0.25) is 23.6 Å². The molecular formula is C22H36N4O7S2. The lowest BCUT2D eigenvalue weighted by Crippen LogP contribution is -2.59. The fourth-order valence-electron chi connectivity index (χ4n) is 3.06. The summed E-state index contributed by atoms with van der Waals surface area (Å²) in [5.74, 6) is -2.62. The van der Waals surface area contributed by atoms with E-state index in [9.17, 15) is 29.1 Å². The van der Waals surface area contributed by atoms with Gasteiger partial charge in [-0.2, -0.15) is 25.3 Å². The fourth-order valence-corrected chi connectivity index (χ4v) is 3.46. The second kappa shape index (κ2) is 15.0. The lowest BCUT2D eigenvalue weighted by Gasteiger charge is -2.26. The highest BCUT2D eigenvalue weighted by molar-refractivity contribution is 7.80. The van der Waals surface area contributed by atoms with Gasteiger partial charge in [0.1, 0.15) is 24.2 Å². The minimum atomic E-state index is -1.15. The molecule has 1 aliphatic rings. The molecule has 0 heterocycles. The number of esters is 1. The highest BCUT2D eigenvalue weighted by Crippen LogP contribution is 2.36. The predicted octanol–water partition coefficient (Wildman–Crippen LogP) is -0.893. The summed E-state index contributed by atoms with van der Waals surface area (Å²) in [5.41, 5.74) is -1.15. The van der Waals surface area contributed by atoms with Crippen LogP contribution in [0.1, 0.15) is 39.5 Å². The number of aliphatic hydroxyl groups is 1. The maximum atomic E-state index is 12.8. The van der Waals surface area contributed by atoms with Crippen LogP contribution in [0.5, 0.6) is 0 Å². The zero-order valence-corrected chi connectivity index (χ0v) is 22.0. The van der Waals surface area contributed by atoms with Gasteiger partial charge in [-0.1, -0.05) is 26.0 Å². The average molecular weight is 533 g/mol. The molecule has 1 aliphatic carbocycles. The van der Waals surface area contributed by atoms with Crippen molar-refractivity contribution in [2.45, 2.75) is 63.3 Å². The van der Waals surface area contributed by atoms with Crippen molar-refractivity contribution in [2.24, 2.45) is 5.92 Å². The van der Waals surface area contributed by atoms with E-state index in [0.717, 1.165) is 0 Å². The van der Waals surface area contributed by atoms with E-state index in [-0.39, 0.29) is 24.6 Å². The Hall–Kier alpha value is -2.25. The normalized spacial score (nSPS) is 16.7. The molecule has 4 amide bonds. The molecule has 1 fully saturated rings. The second-order valence-electron chi connectivity index (χ2n) is 8.58. The molecule has 0 aromatic heterocycles. The van der Waals surface area contributed by atoms with E-state index >= 15 is 0 Å². The number of thiol groups is 2. The smallest absolute Gasteiger partial charge is 0.325 e. The van der Waals surface area contributed by atoms with E-state index in [1.807, 2.05) is 0 Å². The van der Waals surface area contributed by atoms with Crippen LogP contribution in [-0.4, -0.2) is 83.6 Å². The third-order valence-corrected chi connectivity index (χ3v) is 5.92. The highest BCUT2D eigenvalue weighted by Gasteiger charge is 2.52. The lowest BCUT2D eigenvalue weighted by molar-refractivity contribution is -0.141. The molecule has 0 aromatic carbocycles. The van der Waals surface area contributed by atoms with Crippen LogP contribution in [0.2, 0.25) is 0 Å². The maximum Gasteiger partial charge on any atom is 0.325 e. The summed E-state index contributed by atoms with van der Waals surface area (Å²) in [6.45, 7) is 3.09. The topological polar surface area (TPSA) is 163 Å². The molecule has 1 saturated carbocycles. The average Bonchev–Trinajstić information content (AvgIpc) is 3.58. The predicted molar refractivity (Wildman–Crippen MR) is 136 cm³/mol. The molecule has 0 aliphatic heterocycles. The number of carbonyl (C=O) groups is 5. The monoisotopic (exact) mass is 532 g/mol. The third kappa shape index (κ3) is 10.5. The van der Waals surface area contributed by atoms with Gasteiger partial charge in [-0.05, 0) is 30.9 Å². The number of ether oxygens (including phenoxy) is 1. The van der Waals surface area contributed by atoms with Crippen LogP contribution in [0.3, 0.4) is 0 Å². The van der Waals surface area contributed by atoms with Crippen molar-refractivity contribution in [1.29, 1.82) is 0 Å². The van der Waals surface area contributed by atoms with Crippen LogP contribution in [-0.2, 0) is 28.7 Å². The summed E-state index contributed by atoms with van der Waals surface area (Å²) < 4.78 is 4.48. The van der Waals surface area contributed by atoms with Gasteiger partial charge in [0, 0.05) is 5.75 Å². The van der Waals surface area contributed by atoms with E-state index in [1.54, 1.807) is 19.9 Å². The molecule has 5 N–H and O–H groups in total. The summed E-state index contributed by atoms with van der Waals surface area (Å²) in [5, 5.41) is 20.1. The first-order valence-electron chi connectivity index (χ1n) is 11.3. The van der Waals surface area contributed by atoms with Gasteiger partial charge in [0.25, 0.3) is 0 Å². The standard InChI is InChI=1S/C22H36N4O7S2/c1-13(2)18(20(31)23-11-17(29)33-3)25-19(30)15(12-35)24-21(32)22(7-8-22)26-16(28)10-14(27)6-4-5-9-34/h4,6,13-15,18,27,34-35H,5,7-12H2,1-3H3,(H,23,31)(H,24,32)(H,25,30)(H,26,28)/b6-4+/t14-,15-,18?/m1/s1. The maximum absolute atomic E-state index is 12.8. The second-order valence-corrected chi connectivity index (χ2v) is 9.39. The largest absolute Gasteiger partial charge is 0.468 e. The summed E-state index contributed by atoms with van der Waals surface area (Å²) in [7, 11) is 1.19. The Morgan fingerprint density at radius 2 is 1.74 bits per heavy atom. The quantitative estimate of drug-likeness (QED) is 0.0817. The molecule has 11 nitrogen and oxygen atoms in total. The van der Waals surface area contributed by atoms with E-state index in [1.165, 1.54) is 13.2 Å². The van der Waals surface area contributed by atoms with E-state index in [2.05, 4.69) is 51.3 Å². The summed E-state index contributed by atoms with van der Waals surface area (Å²) in [6.07, 6.45) is 3.48. The van der Waals surface area contributed by atoms with Crippen LogP contribution in [0.4, 0.5) is 0 Å². The van der Waals surface area contributed by atoms with Gasteiger partial charge in [0.15, 0.2) is 0 Å². The van der Waals surface area contributed by atoms with E-state index in [0.29, 0.717) is 25.0 Å². The molecule has 0 radical (unpaired) electrons. The van der Waals surface area contributed by atoms with Crippen molar-refractivity contribution >= 4 is 54.9 Å². The number of nitrogens with one attached hydrogen (secondary N) is 4. The summed E-state index contributed by atoms with van der Waals surface area (Å²) >= 11 is 8.20. The van der Waals surface area contributed by atoms with Crippen LogP contribution in [0, 0.1) is 5.92 Å². The summed E-state index contributed by atoms with van der Waals surface area (Å²) in [4.78, 5) is 61.6. The molecule has 1 unspecified atom stereocenters. The number of amides is 4. The van der Waals surface area contributed by atoms with Crippen molar-refractivity contribution in [1.82, 2.24) is 21.3 Å². The number of rotatable bonds is 15. The molecule has 0 bridgehead atoms. The van der Waals surface area contributed by atoms with Crippen molar-refractivity contribution in [2.75, 3.05) is 25.2 Å². The number of aliphatic hydroxyl groups excluding tert-OH is 1. The van der Waals surface area contributed by atoms with E-state index < -0.39 is 53.3 Å². The summed E-state index contributed by atoms with van der Waals surface area (Å²) in [6, 6.07) is -2.03. The zero-order valence-electron chi connectivity index (χ0n) is 20.2. The number of hydrogen-bond donors (Lipinski definition) is 7. The van der Waals surface area contributed by atoms with Gasteiger partial charge in [0.05, 0.1) is 19.6 Å². The number of carbonyl (C=O) groups excluding carboxylic acids is 5. The first-order valence-corrected chi connectivity index (χ1v) is 12.6. The van der Waals surface area contributed by atoms with Crippen molar-refractivity contribution in [3.63, 3.8) is 0 Å². The number of methoxy groups -OCH3 is 1. The minimum Gasteiger partial charge on any atom is -0.468 e. The van der Waals surface area contributed by atoms with Crippen molar-refractivity contribution < 1.29 is 33.8 Å². The molecule has 198 valence electrons. The van der Waals surface area contributed by atoms with Crippen LogP contribution < -0.4 is 21.3 Å². The Balaban J connectivity index is 2.69.